The summed E-state index contributed by atoms with van der Waals surface area (Å²) in [4.78, 5) is 0. The van der Waals surface area contributed by atoms with Gasteiger partial charge in [-0.2, -0.15) is 0 Å². The van der Waals surface area contributed by atoms with Crippen LogP contribution in [0.2, 0.25) is 0 Å². The highest BCUT2D eigenvalue weighted by molar-refractivity contribution is 5.34. The van der Waals surface area contributed by atoms with E-state index in [1.807, 2.05) is 0 Å². The predicted octanol–water partition coefficient (Wildman–Crippen LogP) is 1.36. The SMILES string of the molecule is C[C@@H](O)C#Cc1cc[c]c(F)c1. The largest absolute Gasteiger partial charge is 0.381 e. The van der Waals surface area contributed by atoms with Crippen LogP contribution in [0, 0.1) is 23.7 Å². The van der Waals surface area contributed by atoms with Crippen LogP contribution >= 0.6 is 0 Å². The number of benzene rings is 1. The summed E-state index contributed by atoms with van der Waals surface area (Å²) in [7, 11) is 0. The zero-order valence-corrected chi connectivity index (χ0v) is 6.63. The zero-order valence-electron chi connectivity index (χ0n) is 6.63. The lowest BCUT2D eigenvalue weighted by atomic mass is 10.2. The van der Waals surface area contributed by atoms with Crippen LogP contribution in [-0.2, 0) is 0 Å². The van der Waals surface area contributed by atoms with E-state index in [9.17, 15) is 4.39 Å². The Labute approximate surface area is 70.9 Å². The van der Waals surface area contributed by atoms with Crippen LogP contribution in [0.15, 0.2) is 18.2 Å². The fourth-order valence-electron chi connectivity index (χ4n) is 0.703. The van der Waals surface area contributed by atoms with Crippen molar-refractivity contribution in [1.82, 2.24) is 0 Å². The van der Waals surface area contributed by atoms with Gasteiger partial charge in [0, 0.05) is 11.6 Å². The Balaban J connectivity index is 2.85. The van der Waals surface area contributed by atoms with Gasteiger partial charge >= 0.3 is 0 Å². The molecule has 0 amide bonds. The van der Waals surface area contributed by atoms with Crippen molar-refractivity contribution in [2.24, 2.45) is 0 Å². The fourth-order valence-corrected chi connectivity index (χ4v) is 0.703. The monoisotopic (exact) mass is 163 g/mol. The van der Waals surface area contributed by atoms with E-state index in [2.05, 4.69) is 17.9 Å². The highest BCUT2D eigenvalue weighted by Crippen LogP contribution is 2.00. The Kier molecular flexibility index (Phi) is 2.84. The highest BCUT2D eigenvalue weighted by Gasteiger charge is 1.90. The van der Waals surface area contributed by atoms with E-state index in [1.54, 1.807) is 13.0 Å². The lowest BCUT2D eigenvalue weighted by Gasteiger charge is -1.90. The fraction of sp³-hybridized carbons (Fsp3) is 0.200. The molecular formula is C10H8FO. The molecule has 1 rings (SSSR count). The maximum Gasteiger partial charge on any atom is 0.132 e. The van der Waals surface area contributed by atoms with Crippen molar-refractivity contribution in [3.05, 3.63) is 35.6 Å². The third-order valence-corrected chi connectivity index (χ3v) is 1.19. The van der Waals surface area contributed by atoms with Gasteiger partial charge in [0.25, 0.3) is 0 Å². The lowest BCUT2D eigenvalue weighted by Crippen LogP contribution is -1.92. The average molecular weight is 163 g/mol. The standard InChI is InChI=1S/C10H8FO/c1-8(12)5-6-9-3-2-4-10(11)7-9/h2-3,7-8,12H,1H3/t8-/m1/s1. The molecule has 0 heterocycles. The Hall–Kier alpha value is -1.33. The van der Waals surface area contributed by atoms with Gasteiger partial charge in [-0.1, -0.05) is 17.9 Å². The molecule has 0 aliphatic rings. The molecule has 1 radical (unpaired) electrons. The predicted molar refractivity (Wildman–Crippen MR) is 43.8 cm³/mol. The maximum atomic E-state index is 12.5. The minimum atomic E-state index is -0.683. The molecule has 12 heavy (non-hydrogen) atoms. The van der Waals surface area contributed by atoms with E-state index in [1.165, 1.54) is 12.1 Å². The van der Waals surface area contributed by atoms with Gasteiger partial charge in [0.05, 0.1) is 0 Å². The Morgan fingerprint density at radius 2 is 2.42 bits per heavy atom. The van der Waals surface area contributed by atoms with Crippen LogP contribution < -0.4 is 0 Å². The van der Waals surface area contributed by atoms with Crippen molar-refractivity contribution in [3.63, 3.8) is 0 Å². The van der Waals surface area contributed by atoms with Crippen LogP contribution in [0.4, 0.5) is 4.39 Å². The van der Waals surface area contributed by atoms with Gasteiger partial charge in [0.1, 0.15) is 11.9 Å². The average Bonchev–Trinajstić information content (AvgIpc) is 2.01. The van der Waals surface area contributed by atoms with Crippen molar-refractivity contribution in [2.45, 2.75) is 13.0 Å². The number of hydrogen-bond donors (Lipinski definition) is 1. The summed E-state index contributed by atoms with van der Waals surface area (Å²) >= 11 is 0. The van der Waals surface area contributed by atoms with Gasteiger partial charge in [-0.15, -0.1) is 0 Å². The number of aliphatic hydroxyl groups is 1. The minimum absolute atomic E-state index is 0.438. The molecule has 0 fully saturated rings. The summed E-state index contributed by atoms with van der Waals surface area (Å²) in [5, 5.41) is 8.81. The second kappa shape index (κ2) is 3.89. The molecule has 2 heteroatoms. The third-order valence-electron chi connectivity index (χ3n) is 1.19. The van der Waals surface area contributed by atoms with Crippen LogP contribution in [0.25, 0.3) is 0 Å². The quantitative estimate of drug-likeness (QED) is 0.572. The van der Waals surface area contributed by atoms with Crippen molar-refractivity contribution in [2.75, 3.05) is 0 Å². The van der Waals surface area contributed by atoms with Gasteiger partial charge in [0.2, 0.25) is 0 Å². The first-order valence-electron chi connectivity index (χ1n) is 3.55. The van der Waals surface area contributed by atoms with E-state index in [0.717, 1.165) is 0 Å². The molecule has 0 aliphatic heterocycles. The highest BCUT2D eigenvalue weighted by atomic mass is 19.1. The topological polar surface area (TPSA) is 20.2 Å². The molecule has 1 N–H and O–H groups in total. The van der Waals surface area contributed by atoms with Gasteiger partial charge in [-0.05, 0) is 19.1 Å². The number of hydrogen-bond acceptors (Lipinski definition) is 1. The second-order valence-electron chi connectivity index (χ2n) is 2.37. The maximum absolute atomic E-state index is 12.5. The van der Waals surface area contributed by atoms with E-state index >= 15 is 0 Å². The van der Waals surface area contributed by atoms with Gasteiger partial charge < -0.3 is 5.11 Å². The summed E-state index contributed by atoms with van der Waals surface area (Å²) in [5.41, 5.74) is 0.548. The van der Waals surface area contributed by atoms with Crippen LogP contribution in [0.5, 0.6) is 0 Å². The first kappa shape index (κ1) is 8.76. The first-order valence-corrected chi connectivity index (χ1v) is 3.55. The molecule has 1 atom stereocenters. The summed E-state index contributed by atoms with van der Waals surface area (Å²) in [5.74, 6) is 4.70. The van der Waals surface area contributed by atoms with Crippen LogP contribution in [0.3, 0.4) is 0 Å². The number of halogens is 1. The molecule has 0 aliphatic carbocycles. The zero-order chi connectivity index (χ0) is 8.97. The molecule has 1 nitrogen and oxygen atoms in total. The number of aliphatic hydroxyl groups excluding tert-OH is 1. The molecule has 0 spiro atoms. The molecule has 0 saturated heterocycles. The molecular weight excluding hydrogens is 155 g/mol. The van der Waals surface area contributed by atoms with E-state index in [4.69, 9.17) is 5.11 Å². The molecule has 1 aromatic carbocycles. The molecule has 61 valence electrons. The second-order valence-corrected chi connectivity index (χ2v) is 2.37. The lowest BCUT2D eigenvalue weighted by molar-refractivity contribution is 0.253. The van der Waals surface area contributed by atoms with Crippen molar-refractivity contribution < 1.29 is 9.50 Å². The van der Waals surface area contributed by atoms with Crippen molar-refractivity contribution in [1.29, 1.82) is 0 Å². The molecule has 0 bridgehead atoms. The smallest absolute Gasteiger partial charge is 0.132 e. The molecule has 0 saturated carbocycles. The summed E-state index contributed by atoms with van der Waals surface area (Å²) < 4.78 is 12.5. The normalized spacial score (nSPS) is 11.6. The summed E-state index contributed by atoms with van der Waals surface area (Å²) in [6, 6.07) is 6.73. The van der Waals surface area contributed by atoms with Crippen molar-refractivity contribution in [3.8, 4) is 11.8 Å². The first-order chi connectivity index (χ1) is 5.68. The number of rotatable bonds is 0. The minimum Gasteiger partial charge on any atom is -0.381 e. The van der Waals surface area contributed by atoms with E-state index in [-0.39, 0.29) is 0 Å². The molecule has 1 aromatic rings. The van der Waals surface area contributed by atoms with Gasteiger partial charge in [0.15, 0.2) is 0 Å². The Bertz CT molecular complexity index is 320. The van der Waals surface area contributed by atoms with Crippen molar-refractivity contribution >= 4 is 0 Å². The Morgan fingerprint density at radius 1 is 1.67 bits per heavy atom. The van der Waals surface area contributed by atoms with Crippen LogP contribution in [0.1, 0.15) is 12.5 Å². The third kappa shape index (κ3) is 2.73. The molecule has 0 unspecified atom stereocenters. The summed E-state index contributed by atoms with van der Waals surface area (Å²) in [6.07, 6.45) is -0.683. The summed E-state index contributed by atoms with van der Waals surface area (Å²) in [6.45, 7) is 1.55. The van der Waals surface area contributed by atoms with Gasteiger partial charge in [-0.3, -0.25) is 0 Å². The van der Waals surface area contributed by atoms with Gasteiger partial charge in [-0.25, -0.2) is 4.39 Å². The van der Waals surface area contributed by atoms with E-state index < -0.39 is 11.9 Å². The Morgan fingerprint density at radius 3 is 3.00 bits per heavy atom. The van der Waals surface area contributed by atoms with Crippen LogP contribution in [-0.4, -0.2) is 11.2 Å². The van der Waals surface area contributed by atoms with E-state index in [0.29, 0.717) is 5.56 Å². The molecule has 0 aromatic heterocycles.